The number of unbranched alkanes of at least 4 members (excludes halogenated alkanes) is 1. The molecule has 0 bridgehead atoms. The van der Waals surface area contributed by atoms with E-state index in [2.05, 4.69) is 53.7 Å². The summed E-state index contributed by atoms with van der Waals surface area (Å²) in [5, 5.41) is 3.50. The first-order valence-electron chi connectivity index (χ1n) is 8.02. The molecule has 0 aromatic carbocycles. The Bertz CT molecular complexity index is 453. The zero-order chi connectivity index (χ0) is 16.4. The Labute approximate surface area is 135 Å². The van der Waals surface area contributed by atoms with Gasteiger partial charge in [-0.05, 0) is 30.4 Å². The molecule has 0 spiro atoms. The number of hydrogen-bond acceptors (Lipinski definition) is 2. The largest absolute Gasteiger partial charge is 0.356 e. The molecule has 1 heterocycles. The smallest absolute Gasteiger partial charge is 0.193 e. The van der Waals surface area contributed by atoms with Gasteiger partial charge in [0.2, 0.25) is 0 Å². The van der Waals surface area contributed by atoms with E-state index < -0.39 is 0 Å². The molecule has 0 radical (unpaired) electrons. The maximum Gasteiger partial charge on any atom is 0.193 e. The normalized spacial score (nSPS) is 13.0. The molecule has 0 amide bonds. The quantitative estimate of drug-likeness (QED) is 0.347. The van der Waals surface area contributed by atoms with Crippen LogP contribution in [0.5, 0.6) is 0 Å². The lowest BCUT2D eigenvalue weighted by atomic mass is 9.89. The summed E-state index contributed by atoms with van der Waals surface area (Å²) in [6.45, 7) is 10.1. The minimum Gasteiger partial charge on any atom is -0.356 e. The van der Waals surface area contributed by atoms with Crippen molar-refractivity contribution < 1.29 is 0 Å². The number of pyridine rings is 1. The van der Waals surface area contributed by atoms with Crippen LogP contribution < -0.4 is 5.32 Å². The van der Waals surface area contributed by atoms with E-state index in [0.717, 1.165) is 31.9 Å². The summed E-state index contributed by atoms with van der Waals surface area (Å²) in [6.07, 6.45) is 7.87. The molecule has 0 aliphatic heterocycles. The van der Waals surface area contributed by atoms with Crippen LogP contribution in [0.2, 0.25) is 0 Å². The van der Waals surface area contributed by atoms with Gasteiger partial charge in [0, 0.05) is 45.5 Å². The summed E-state index contributed by atoms with van der Waals surface area (Å²) in [6, 6.07) is 4.15. The number of rotatable bonds is 8. The molecule has 1 N–H and O–H groups in total. The van der Waals surface area contributed by atoms with Crippen molar-refractivity contribution in [2.75, 3.05) is 27.2 Å². The van der Waals surface area contributed by atoms with Gasteiger partial charge in [0.25, 0.3) is 0 Å². The lowest BCUT2D eigenvalue weighted by Gasteiger charge is -2.26. The van der Waals surface area contributed by atoms with Gasteiger partial charge in [-0.1, -0.05) is 26.0 Å². The third-order valence-corrected chi connectivity index (χ3v) is 3.87. The van der Waals surface area contributed by atoms with Crippen LogP contribution in [0.1, 0.15) is 38.2 Å². The first-order chi connectivity index (χ1) is 10.6. The lowest BCUT2D eigenvalue weighted by Crippen LogP contribution is -2.41. The van der Waals surface area contributed by atoms with Gasteiger partial charge in [0.1, 0.15) is 0 Å². The van der Waals surface area contributed by atoms with Crippen molar-refractivity contribution in [1.82, 2.24) is 15.2 Å². The van der Waals surface area contributed by atoms with Crippen molar-refractivity contribution in [2.45, 2.75) is 32.6 Å². The van der Waals surface area contributed by atoms with Gasteiger partial charge in [-0.15, -0.1) is 6.58 Å². The highest BCUT2D eigenvalue weighted by molar-refractivity contribution is 5.79. The van der Waals surface area contributed by atoms with Gasteiger partial charge in [-0.25, -0.2) is 0 Å². The second-order valence-corrected chi connectivity index (χ2v) is 5.92. The fourth-order valence-electron chi connectivity index (χ4n) is 2.50. The van der Waals surface area contributed by atoms with Crippen molar-refractivity contribution in [3.8, 4) is 0 Å². The summed E-state index contributed by atoms with van der Waals surface area (Å²) < 4.78 is 0. The van der Waals surface area contributed by atoms with Crippen LogP contribution in [0.3, 0.4) is 0 Å². The number of allylic oxidation sites excluding steroid dienone is 1. The molecule has 1 unspecified atom stereocenters. The number of nitrogens with zero attached hydrogens (tertiary/aromatic N) is 3. The second kappa shape index (κ2) is 9.98. The van der Waals surface area contributed by atoms with Gasteiger partial charge in [0.15, 0.2) is 5.96 Å². The SMILES string of the molecule is C=CCCCN(C)C(=NC)NCC(c1cccnc1)C(C)C. The Morgan fingerprint density at radius 2 is 2.27 bits per heavy atom. The van der Waals surface area contributed by atoms with Crippen molar-refractivity contribution in [2.24, 2.45) is 10.9 Å². The van der Waals surface area contributed by atoms with Gasteiger partial charge in [-0.2, -0.15) is 0 Å². The molecular weight excluding hydrogens is 272 g/mol. The minimum absolute atomic E-state index is 0.423. The van der Waals surface area contributed by atoms with E-state index in [1.807, 2.05) is 31.6 Å². The Morgan fingerprint density at radius 3 is 2.82 bits per heavy atom. The molecule has 1 aromatic rings. The monoisotopic (exact) mass is 302 g/mol. The highest BCUT2D eigenvalue weighted by Crippen LogP contribution is 2.22. The van der Waals surface area contributed by atoms with Crippen molar-refractivity contribution in [3.05, 3.63) is 42.7 Å². The molecular formula is C18H30N4. The maximum atomic E-state index is 4.38. The fraction of sp³-hybridized carbons (Fsp3) is 0.556. The van der Waals surface area contributed by atoms with E-state index in [-0.39, 0.29) is 0 Å². The Hall–Kier alpha value is -1.84. The van der Waals surface area contributed by atoms with Crippen LogP contribution in [0.15, 0.2) is 42.2 Å². The second-order valence-electron chi connectivity index (χ2n) is 5.92. The molecule has 1 aromatic heterocycles. The summed E-state index contributed by atoms with van der Waals surface area (Å²) in [7, 11) is 3.91. The predicted octanol–water partition coefficient (Wildman–Crippen LogP) is 3.29. The average molecular weight is 302 g/mol. The molecule has 122 valence electrons. The van der Waals surface area contributed by atoms with Gasteiger partial charge in [0.05, 0.1) is 0 Å². The van der Waals surface area contributed by atoms with Gasteiger partial charge < -0.3 is 10.2 Å². The number of guanidine groups is 1. The Balaban J connectivity index is 2.61. The Morgan fingerprint density at radius 1 is 1.50 bits per heavy atom. The standard InChI is InChI=1S/C18H30N4/c1-6-7-8-12-22(5)18(19-4)21-14-17(15(2)3)16-10-9-11-20-13-16/h6,9-11,13,15,17H,1,7-8,12,14H2,2-5H3,(H,19,21). The Kier molecular flexibility index (Phi) is 8.26. The van der Waals surface area contributed by atoms with E-state index in [1.54, 1.807) is 0 Å². The van der Waals surface area contributed by atoms with Crippen LogP contribution in [-0.2, 0) is 0 Å². The molecule has 0 aliphatic rings. The first kappa shape index (κ1) is 18.2. The molecule has 0 aliphatic carbocycles. The predicted molar refractivity (Wildman–Crippen MR) is 95.2 cm³/mol. The van der Waals surface area contributed by atoms with E-state index in [1.165, 1.54) is 5.56 Å². The molecule has 22 heavy (non-hydrogen) atoms. The minimum atomic E-state index is 0.423. The molecule has 1 atom stereocenters. The third kappa shape index (κ3) is 5.88. The first-order valence-corrected chi connectivity index (χ1v) is 8.02. The van der Waals surface area contributed by atoms with Crippen molar-refractivity contribution in [3.63, 3.8) is 0 Å². The molecule has 4 nitrogen and oxygen atoms in total. The highest BCUT2D eigenvalue weighted by atomic mass is 15.3. The average Bonchev–Trinajstić information content (AvgIpc) is 2.52. The number of hydrogen-bond donors (Lipinski definition) is 1. The third-order valence-electron chi connectivity index (χ3n) is 3.87. The maximum absolute atomic E-state index is 4.38. The van der Waals surface area contributed by atoms with Crippen molar-refractivity contribution in [1.29, 1.82) is 0 Å². The number of nitrogens with one attached hydrogen (secondary N) is 1. The molecule has 0 fully saturated rings. The zero-order valence-electron chi connectivity index (χ0n) is 14.4. The topological polar surface area (TPSA) is 40.5 Å². The summed E-state index contributed by atoms with van der Waals surface area (Å²) in [5.74, 6) is 1.91. The van der Waals surface area contributed by atoms with Crippen LogP contribution in [-0.4, -0.2) is 43.0 Å². The van der Waals surface area contributed by atoms with E-state index in [4.69, 9.17) is 0 Å². The molecule has 4 heteroatoms. The highest BCUT2D eigenvalue weighted by Gasteiger charge is 2.17. The van der Waals surface area contributed by atoms with Crippen LogP contribution in [0.4, 0.5) is 0 Å². The van der Waals surface area contributed by atoms with E-state index in [0.29, 0.717) is 11.8 Å². The van der Waals surface area contributed by atoms with E-state index in [9.17, 15) is 0 Å². The van der Waals surface area contributed by atoms with Gasteiger partial charge >= 0.3 is 0 Å². The van der Waals surface area contributed by atoms with Crippen molar-refractivity contribution >= 4 is 5.96 Å². The van der Waals surface area contributed by atoms with Crippen LogP contribution in [0, 0.1) is 5.92 Å². The fourth-order valence-corrected chi connectivity index (χ4v) is 2.50. The molecule has 0 saturated carbocycles. The number of aliphatic imine (C=N–C) groups is 1. The lowest BCUT2D eigenvalue weighted by molar-refractivity contribution is 0.445. The molecule has 1 rings (SSSR count). The summed E-state index contributed by atoms with van der Waals surface area (Å²) in [5.41, 5.74) is 1.27. The van der Waals surface area contributed by atoms with Gasteiger partial charge in [-0.3, -0.25) is 9.98 Å². The van der Waals surface area contributed by atoms with Crippen LogP contribution in [0.25, 0.3) is 0 Å². The van der Waals surface area contributed by atoms with E-state index >= 15 is 0 Å². The molecule has 0 saturated heterocycles. The summed E-state index contributed by atoms with van der Waals surface area (Å²) in [4.78, 5) is 10.8. The van der Waals surface area contributed by atoms with Crippen LogP contribution >= 0.6 is 0 Å². The summed E-state index contributed by atoms with van der Waals surface area (Å²) >= 11 is 0. The zero-order valence-corrected chi connectivity index (χ0v) is 14.4. The number of aromatic nitrogens is 1.